The standard InChI is InChI=1S/C30H28ClF2N5O4/c1-6-22(40)36-12-30(33,13-36)14-37-20-11-18(31)25(23-19(32)9-16(4)10-21(23)39)35-27(20)38(29(42)28(37)41)26-17(5)7-8-34-24(26)15(2)3/h6-11,15,39H,1,12-14H2,2-5H3/i14D2. The maximum Gasteiger partial charge on any atom is 0.322 e. The summed E-state index contributed by atoms with van der Waals surface area (Å²) >= 11 is 6.56. The van der Waals surface area contributed by atoms with Crippen molar-refractivity contribution >= 4 is 28.7 Å². The van der Waals surface area contributed by atoms with Crippen LogP contribution in [0, 0.1) is 19.7 Å². The maximum atomic E-state index is 16.2. The summed E-state index contributed by atoms with van der Waals surface area (Å²) in [6.07, 6.45) is 2.47. The van der Waals surface area contributed by atoms with E-state index in [9.17, 15) is 19.5 Å². The number of likely N-dealkylation sites (tertiary alicyclic amines) is 1. The third-order valence-electron chi connectivity index (χ3n) is 7.04. The van der Waals surface area contributed by atoms with Crippen LogP contribution in [0.25, 0.3) is 28.1 Å². The summed E-state index contributed by atoms with van der Waals surface area (Å²) in [5, 5.41) is 10.3. The van der Waals surface area contributed by atoms with E-state index in [1.807, 2.05) is 13.8 Å². The molecule has 5 rings (SSSR count). The van der Waals surface area contributed by atoms with E-state index in [2.05, 4.69) is 16.5 Å². The first-order chi connectivity index (χ1) is 20.5. The number of alkyl halides is 1. The number of pyridine rings is 2. The Morgan fingerprint density at radius 1 is 1.26 bits per heavy atom. The lowest BCUT2D eigenvalue weighted by molar-refractivity contribution is -0.141. The molecule has 0 atom stereocenters. The number of hydrogen-bond acceptors (Lipinski definition) is 6. The molecule has 4 aromatic rings. The van der Waals surface area contributed by atoms with Gasteiger partial charge in [-0.25, -0.2) is 13.8 Å². The van der Waals surface area contributed by atoms with E-state index < -0.39 is 59.4 Å². The molecule has 1 aliphatic heterocycles. The lowest BCUT2D eigenvalue weighted by Gasteiger charge is -2.44. The Balaban J connectivity index is 1.93. The minimum absolute atomic E-state index is 0.179. The van der Waals surface area contributed by atoms with Crippen LogP contribution in [0.2, 0.25) is 5.02 Å². The summed E-state index contributed by atoms with van der Waals surface area (Å²) in [4.78, 5) is 49.6. The molecule has 12 heteroatoms. The fourth-order valence-electron chi connectivity index (χ4n) is 5.05. The zero-order valence-corrected chi connectivity index (χ0v) is 24.0. The maximum absolute atomic E-state index is 16.2. The van der Waals surface area contributed by atoms with E-state index in [1.54, 1.807) is 19.9 Å². The van der Waals surface area contributed by atoms with Gasteiger partial charge in [0.25, 0.3) is 0 Å². The number of carbonyl (C=O) groups excluding carboxylic acids is 1. The van der Waals surface area contributed by atoms with Crippen molar-refractivity contribution in [2.45, 2.75) is 45.8 Å². The molecular weight excluding hydrogens is 568 g/mol. The number of nitrogens with zero attached hydrogens (tertiary/aromatic N) is 5. The van der Waals surface area contributed by atoms with Crippen molar-refractivity contribution in [1.82, 2.24) is 24.0 Å². The zero-order valence-electron chi connectivity index (χ0n) is 25.2. The first-order valence-electron chi connectivity index (χ1n) is 14.0. The fourth-order valence-corrected chi connectivity index (χ4v) is 5.29. The quantitative estimate of drug-likeness (QED) is 0.257. The van der Waals surface area contributed by atoms with Crippen molar-refractivity contribution in [2.24, 2.45) is 0 Å². The number of aromatic hydroxyl groups is 1. The van der Waals surface area contributed by atoms with Crippen LogP contribution in [0.3, 0.4) is 0 Å². The highest BCUT2D eigenvalue weighted by molar-refractivity contribution is 6.33. The minimum Gasteiger partial charge on any atom is -0.507 e. The Hall–Kier alpha value is -4.38. The number of aromatic nitrogens is 4. The summed E-state index contributed by atoms with van der Waals surface area (Å²) in [5.41, 5.74) is -5.46. The molecule has 0 radical (unpaired) electrons. The van der Waals surface area contributed by atoms with E-state index in [0.29, 0.717) is 21.4 Å². The Kier molecular flexibility index (Phi) is 6.61. The molecular formula is C30H28ClF2N5O4. The number of rotatable bonds is 6. The largest absolute Gasteiger partial charge is 0.507 e. The molecule has 1 saturated heterocycles. The van der Waals surface area contributed by atoms with Crippen LogP contribution < -0.4 is 11.1 Å². The topological polar surface area (TPSA) is 110 Å². The number of aryl methyl sites for hydroxylation is 2. The summed E-state index contributed by atoms with van der Waals surface area (Å²) in [5.74, 6) is -2.27. The predicted octanol–water partition coefficient (Wildman–Crippen LogP) is 4.58. The minimum atomic E-state index is -3.19. The van der Waals surface area contributed by atoms with Gasteiger partial charge >= 0.3 is 11.1 Å². The smallest absolute Gasteiger partial charge is 0.322 e. The van der Waals surface area contributed by atoms with E-state index in [1.165, 1.54) is 12.3 Å². The lowest BCUT2D eigenvalue weighted by Crippen LogP contribution is -2.63. The van der Waals surface area contributed by atoms with Gasteiger partial charge in [0.05, 0.1) is 55.5 Å². The highest BCUT2D eigenvalue weighted by Gasteiger charge is 2.46. The van der Waals surface area contributed by atoms with E-state index >= 15 is 8.78 Å². The molecule has 0 bridgehead atoms. The van der Waals surface area contributed by atoms with Gasteiger partial charge in [-0.15, -0.1) is 0 Å². The van der Waals surface area contributed by atoms with Gasteiger partial charge in [-0.05, 0) is 61.2 Å². The number of amides is 1. The number of halogens is 3. The van der Waals surface area contributed by atoms with Crippen molar-refractivity contribution < 1.29 is 21.4 Å². The van der Waals surface area contributed by atoms with Gasteiger partial charge in [0.15, 0.2) is 11.3 Å². The van der Waals surface area contributed by atoms with Crippen LogP contribution in [0.5, 0.6) is 5.75 Å². The predicted molar refractivity (Wildman–Crippen MR) is 156 cm³/mol. The number of phenols is 1. The first kappa shape index (κ1) is 26.5. The van der Waals surface area contributed by atoms with Crippen molar-refractivity contribution in [3.05, 3.63) is 91.5 Å². The van der Waals surface area contributed by atoms with Gasteiger partial charge in [-0.2, -0.15) is 0 Å². The number of hydrogen-bond donors (Lipinski definition) is 1. The summed E-state index contributed by atoms with van der Waals surface area (Å²) in [7, 11) is 0. The molecule has 0 unspecified atom stereocenters. The van der Waals surface area contributed by atoms with Gasteiger partial charge in [-0.1, -0.05) is 32.0 Å². The summed E-state index contributed by atoms with van der Waals surface area (Å²) < 4.78 is 50.3. The van der Waals surface area contributed by atoms with Crippen LogP contribution in [-0.2, 0) is 11.3 Å². The third kappa shape index (κ3) is 4.77. The molecule has 0 aliphatic carbocycles. The Bertz CT molecular complexity index is 1980. The van der Waals surface area contributed by atoms with Gasteiger partial charge in [0.2, 0.25) is 5.91 Å². The molecule has 9 nitrogen and oxygen atoms in total. The number of phenolic OH excluding ortho intramolecular Hbond substituents is 1. The Labute approximate surface area is 247 Å². The molecule has 218 valence electrons. The van der Waals surface area contributed by atoms with Crippen LogP contribution >= 0.6 is 11.6 Å². The average Bonchev–Trinajstić information content (AvgIpc) is 2.91. The van der Waals surface area contributed by atoms with Gasteiger partial charge in [0, 0.05) is 6.20 Å². The van der Waals surface area contributed by atoms with Crippen molar-refractivity contribution in [2.75, 3.05) is 13.1 Å². The Morgan fingerprint density at radius 2 is 1.95 bits per heavy atom. The monoisotopic (exact) mass is 597 g/mol. The second kappa shape index (κ2) is 10.5. The van der Waals surface area contributed by atoms with Crippen LogP contribution in [0.1, 0.15) is 39.3 Å². The van der Waals surface area contributed by atoms with Crippen LogP contribution in [-0.4, -0.2) is 53.8 Å². The third-order valence-corrected chi connectivity index (χ3v) is 7.32. The molecule has 1 amide bonds. The first-order valence-corrected chi connectivity index (χ1v) is 13.4. The second-order valence-corrected chi connectivity index (χ2v) is 11.0. The van der Waals surface area contributed by atoms with Crippen LogP contribution in [0.4, 0.5) is 8.78 Å². The van der Waals surface area contributed by atoms with E-state index in [4.69, 9.17) is 14.3 Å². The number of benzene rings is 1. The van der Waals surface area contributed by atoms with Crippen molar-refractivity contribution in [1.29, 1.82) is 0 Å². The highest BCUT2D eigenvalue weighted by atomic mass is 35.5. The fraction of sp³-hybridized carbons (Fsp3) is 0.300. The molecule has 42 heavy (non-hydrogen) atoms. The number of fused-ring (bicyclic) bond motifs is 1. The van der Waals surface area contributed by atoms with Gasteiger partial charge in [-0.3, -0.25) is 28.5 Å². The molecule has 1 fully saturated rings. The molecule has 1 N–H and O–H groups in total. The van der Waals surface area contributed by atoms with Crippen molar-refractivity contribution in [3.8, 4) is 22.7 Å². The Morgan fingerprint density at radius 3 is 2.57 bits per heavy atom. The molecule has 0 spiro atoms. The molecule has 4 heterocycles. The lowest BCUT2D eigenvalue weighted by atomic mass is 9.95. The molecule has 1 aliphatic rings. The van der Waals surface area contributed by atoms with E-state index in [-0.39, 0.29) is 33.5 Å². The highest BCUT2D eigenvalue weighted by Crippen LogP contribution is 2.38. The number of carbonyl (C=O) groups is 1. The molecule has 1 aromatic carbocycles. The normalized spacial score (nSPS) is 15.4. The molecule has 0 saturated carbocycles. The molecule has 3 aromatic heterocycles. The van der Waals surface area contributed by atoms with Crippen LogP contribution in [0.15, 0.2) is 52.7 Å². The van der Waals surface area contributed by atoms with Crippen molar-refractivity contribution in [3.63, 3.8) is 0 Å². The SMILES string of the molecule is [2H]C([2H])(n1c(=O)c(=O)n(-c2c(C)ccnc2C(C)C)c2nc(-c3c(O)cc(C)cc3F)c(Cl)cc21)C1(F)CN(C(=O)C=C)C1. The van der Waals surface area contributed by atoms with Gasteiger partial charge in [0.1, 0.15) is 11.6 Å². The summed E-state index contributed by atoms with van der Waals surface area (Å²) in [6.45, 7) is 5.58. The second-order valence-electron chi connectivity index (χ2n) is 10.6. The average molecular weight is 598 g/mol. The van der Waals surface area contributed by atoms with E-state index in [0.717, 1.165) is 27.7 Å². The summed E-state index contributed by atoms with van der Waals surface area (Å²) in [6, 6.07) is 5.10. The van der Waals surface area contributed by atoms with Gasteiger partial charge < -0.3 is 10.0 Å². The zero-order chi connectivity index (χ0) is 32.5.